The molecule has 0 spiro atoms. The molecule has 1 atom stereocenters. The van der Waals surface area contributed by atoms with Gasteiger partial charge in [-0.3, -0.25) is 0 Å². The van der Waals surface area contributed by atoms with E-state index in [-0.39, 0.29) is 0 Å². The second-order valence-electron chi connectivity index (χ2n) is 7.48. The summed E-state index contributed by atoms with van der Waals surface area (Å²) in [6.07, 6.45) is 1.04. The Bertz CT molecular complexity index is 945. The minimum absolute atomic E-state index is 0.424. The van der Waals surface area contributed by atoms with Crippen molar-refractivity contribution in [1.29, 1.82) is 0 Å². The maximum atomic E-state index is 6.58. The Morgan fingerprint density at radius 3 is 1.29 bits per heavy atom. The molecule has 31 heavy (non-hydrogen) atoms. The van der Waals surface area contributed by atoms with E-state index in [2.05, 4.69) is 128 Å². The van der Waals surface area contributed by atoms with E-state index in [1.54, 1.807) is 0 Å². The van der Waals surface area contributed by atoms with Crippen molar-refractivity contribution in [3.05, 3.63) is 121 Å². The fourth-order valence-electron chi connectivity index (χ4n) is 3.70. The Morgan fingerprint density at radius 2 is 0.903 bits per heavy atom. The largest absolute Gasteiger partial charge is 0.350 e. The molecule has 0 aliphatic rings. The van der Waals surface area contributed by atoms with E-state index >= 15 is 0 Å². The predicted octanol–water partition coefficient (Wildman–Crippen LogP) is 5.96. The fourth-order valence-corrected chi connectivity index (χ4v) is 8.14. The highest BCUT2D eigenvalue weighted by molar-refractivity contribution is 7.73. The van der Waals surface area contributed by atoms with Crippen molar-refractivity contribution in [2.24, 2.45) is 0 Å². The molecule has 156 valence electrons. The van der Waals surface area contributed by atoms with Crippen molar-refractivity contribution in [1.82, 2.24) is 0 Å². The molecule has 0 saturated carbocycles. The molecule has 0 aliphatic heterocycles. The van der Waals surface area contributed by atoms with Crippen molar-refractivity contribution in [2.45, 2.75) is 19.0 Å². The maximum Gasteiger partial charge on any atom is 0.0917 e. The molecule has 4 rings (SSSR count). The molecule has 4 aromatic carbocycles. The first-order valence-corrected chi connectivity index (χ1v) is 13.4. The van der Waals surface area contributed by atoms with Crippen LogP contribution in [0.15, 0.2) is 121 Å². The average Bonchev–Trinajstić information content (AvgIpc) is 2.84. The summed E-state index contributed by atoms with van der Waals surface area (Å²) in [6.45, 7) is 3.14. The zero-order valence-corrected chi connectivity index (χ0v) is 19.6. The molecule has 0 saturated heterocycles. The van der Waals surface area contributed by atoms with Crippen LogP contribution in [0.3, 0.4) is 0 Å². The van der Waals surface area contributed by atoms with Gasteiger partial charge in [0.15, 0.2) is 0 Å². The molecule has 0 aliphatic carbocycles. The third-order valence-corrected chi connectivity index (χ3v) is 10.1. The van der Waals surface area contributed by atoms with Gasteiger partial charge in [0, 0.05) is 10.6 Å². The molecule has 0 amide bonds. The first-order valence-electron chi connectivity index (χ1n) is 10.8. The van der Waals surface area contributed by atoms with Crippen LogP contribution in [0.25, 0.3) is 0 Å². The van der Waals surface area contributed by atoms with Crippen molar-refractivity contribution >= 4 is 37.3 Å². The van der Waals surface area contributed by atoms with Crippen molar-refractivity contribution in [2.75, 3.05) is 6.61 Å². The highest BCUT2D eigenvalue weighted by Crippen LogP contribution is 2.42. The van der Waals surface area contributed by atoms with Crippen LogP contribution in [-0.2, 0) is 4.52 Å². The van der Waals surface area contributed by atoms with Crippen LogP contribution in [-0.4, -0.2) is 12.3 Å². The Morgan fingerprint density at radius 1 is 0.548 bits per heavy atom. The first kappa shape index (κ1) is 21.9. The molecule has 0 N–H and O–H groups in total. The summed E-state index contributed by atoms with van der Waals surface area (Å²) in [5, 5.41) is 5.41. The molecule has 0 unspecified atom stereocenters. The van der Waals surface area contributed by atoms with Gasteiger partial charge in [0.1, 0.15) is 0 Å². The zero-order chi connectivity index (χ0) is 21.3. The monoisotopic (exact) mass is 442 g/mol. The standard InChI is InChI=1S/C28H28OP2/c1-24(30(25-14-6-2-7-15-25)26-16-8-3-9-17-26)22-23-29-31(27-18-10-4-11-19-27)28-20-12-5-13-21-28/h2-21,24H,22-23H2,1H3/t24-/m0/s1. The van der Waals surface area contributed by atoms with Gasteiger partial charge in [0.25, 0.3) is 0 Å². The molecule has 0 radical (unpaired) electrons. The summed E-state index contributed by atoms with van der Waals surface area (Å²) < 4.78 is 6.58. The smallest absolute Gasteiger partial charge is 0.0917 e. The van der Waals surface area contributed by atoms with E-state index in [0.29, 0.717) is 5.66 Å². The van der Waals surface area contributed by atoms with Crippen LogP contribution in [0.2, 0.25) is 0 Å². The summed E-state index contributed by atoms with van der Waals surface area (Å²) in [7, 11) is -1.23. The first-order chi connectivity index (χ1) is 15.3. The predicted molar refractivity (Wildman–Crippen MR) is 138 cm³/mol. The topological polar surface area (TPSA) is 9.23 Å². The van der Waals surface area contributed by atoms with E-state index in [4.69, 9.17) is 4.52 Å². The number of hydrogen-bond acceptors (Lipinski definition) is 1. The normalized spacial score (nSPS) is 12.2. The third kappa shape index (κ3) is 5.90. The van der Waals surface area contributed by atoms with Gasteiger partial charge in [-0.2, -0.15) is 0 Å². The zero-order valence-electron chi connectivity index (χ0n) is 17.8. The molecular weight excluding hydrogens is 414 g/mol. The number of hydrogen-bond donors (Lipinski definition) is 0. The Balaban J connectivity index is 1.50. The quantitative estimate of drug-likeness (QED) is 0.291. The maximum absolute atomic E-state index is 6.58. The second kappa shape index (κ2) is 11.4. The SMILES string of the molecule is C[C@@H](CCOP(c1ccccc1)c1ccccc1)P(c1ccccc1)c1ccccc1. The summed E-state index contributed by atoms with van der Waals surface area (Å²) in [6, 6.07) is 43.2. The molecule has 3 heteroatoms. The fraction of sp³-hybridized carbons (Fsp3) is 0.143. The molecule has 0 bridgehead atoms. The van der Waals surface area contributed by atoms with Crippen LogP contribution >= 0.6 is 16.1 Å². The number of benzene rings is 4. The summed E-state index contributed by atoms with van der Waals surface area (Å²) in [5.41, 5.74) is 0.531. The lowest BCUT2D eigenvalue weighted by Crippen LogP contribution is -2.21. The van der Waals surface area contributed by atoms with Gasteiger partial charge in [0.05, 0.1) is 14.8 Å². The highest BCUT2D eigenvalue weighted by Gasteiger charge is 2.22. The van der Waals surface area contributed by atoms with E-state index in [0.717, 1.165) is 13.0 Å². The molecular formula is C28H28OP2. The van der Waals surface area contributed by atoms with Gasteiger partial charge in [-0.05, 0) is 30.6 Å². The Labute approximate surface area is 188 Å². The van der Waals surface area contributed by atoms with Crippen LogP contribution in [0.4, 0.5) is 0 Å². The Hall–Kier alpha value is -2.30. The summed E-state index contributed by atoms with van der Waals surface area (Å²) in [5.74, 6) is 0. The molecule has 1 nitrogen and oxygen atoms in total. The molecule has 0 heterocycles. The Kier molecular flexibility index (Phi) is 8.03. The minimum Gasteiger partial charge on any atom is -0.350 e. The molecule has 0 aromatic heterocycles. The highest BCUT2D eigenvalue weighted by atomic mass is 31.1. The van der Waals surface area contributed by atoms with Gasteiger partial charge < -0.3 is 4.52 Å². The molecule has 0 fully saturated rings. The van der Waals surface area contributed by atoms with Gasteiger partial charge in [-0.15, -0.1) is 0 Å². The van der Waals surface area contributed by atoms with Crippen molar-refractivity contribution < 1.29 is 4.52 Å². The van der Waals surface area contributed by atoms with Crippen LogP contribution in [0, 0.1) is 0 Å². The van der Waals surface area contributed by atoms with Crippen molar-refractivity contribution in [3.63, 3.8) is 0 Å². The molecule has 4 aromatic rings. The van der Waals surface area contributed by atoms with E-state index in [9.17, 15) is 0 Å². The van der Waals surface area contributed by atoms with Crippen molar-refractivity contribution in [3.8, 4) is 0 Å². The van der Waals surface area contributed by atoms with Gasteiger partial charge in [-0.25, -0.2) is 0 Å². The van der Waals surface area contributed by atoms with E-state index in [1.165, 1.54) is 21.2 Å². The van der Waals surface area contributed by atoms with Gasteiger partial charge in [-0.1, -0.05) is 128 Å². The minimum atomic E-state index is -0.802. The van der Waals surface area contributed by atoms with Crippen LogP contribution in [0.5, 0.6) is 0 Å². The number of rotatable bonds is 9. The van der Waals surface area contributed by atoms with Gasteiger partial charge >= 0.3 is 0 Å². The third-order valence-electron chi connectivity index (χ3n) is 5.25. The second-order valence-corrected chi connectivity index (χ2v) is 12.0. The van der Waals surface area contributed by atoms with Crippen LogP contribution in [0.1, 0.15) is 13.3 Å². The lowest BCUT2D eigenvalue weighted by Gasteiger charge is -2.26. The summed E-state index contributed by atoms with van der Waals surface area (Å²) >= 11 is 0. The lowest BCUT2D eigenvalue weighted by molar-refractivity contribution is 0.352. The van der Waals surface area contributed by atoms with Crippen LogP contribution < -0.4 is 21.2 Å². The van der Waals surface area contributed by atoms with E-state index in [1.807, 2.05) is 0 Å². The lowest BCUT2D eigenvalue weighted by atomic mass is 10.3. The average molecular weight is 442 g/mol. The summed E-state index contributed by atoms with van der Waals surface area (Å²) in [4.78, 5) is 0. The van der Waals surface area contributed by atoms with E-state index < -0.39 is 16.1 Å². The van der Waals surface area contributed by atoms with Gasteiger partial charge in [0.2, 0.25) is 0 Å².